The molecule has 1 aliphatic rings. The third kappa shape index (κ3) is 2.21. The summed E-state index contributed by atoms with van der Waals surface area (Å²) in [6.07, 6.45) is 5.91. The van der Waals surface area contributed by atoms with Gasteiger partial charge < -0.3 is 5.32 Å². The number of hydrogen-bond donors (Lipinski definition) is 1. The van der Waals surface area contributed by atoms with E-state index in [9.17, 15) is 0 Å². The Kier molecular flexibility index (Phi) is 2.54. The van der Waals surface area contributed by atoms with Crippen molar-refractivity contribution in [2.45, 2.75) is 39.2 Å². The van der Waals surface area contributed by atoms with Gasteiger partial charge in [0.2, 0.25) is 0 Å². The highest BCUT2D eigenvalue weighted by Crippen LogP contribution is 2.28. The maximum absolute atomic E-state index is 4.31. The largest absolute Gasteiger partial charge is 0.359 e. The standard InChI is InChI=1S/C10H16N2S/c1-7-3-4-9(5-7)12-10-11-6-8(2)13-10/h6-7,9H,3-5H2,1-2H3,(H,11,12). The van der Waals surface area contributed by atoms with Gasteiger partial charge in [-0.25, -0.2) is 4.98 Å². The van der Waals surface area contributed by atoms with E-state index in [1.54, 1.807) is 11.3 Å². The normalized spacial score (nSPS) is 27.8. The molecule has 1 heterocycles. The van der Waals surface area contributed by atoms with Crippen LogP contribution in [0.15, 0.2) is 6.20 Å². The minimum Gasteiger partial charge on any atom is -0.359 e. The lowest BCUT2D eigenvalue weighted by molar-refractivity contribution is 0.602. The Balaban J connectivity index is 1.91. The molecule has 0 saturated heterocycles. The minimum absolute atomic E-state index is 0.667. The molecule has 13 heavy (non-hydrogen) atoms. The molecule has 1 fully saturated rings. The van der Waals surface area contributed by atoms with Gasteiger partial charge in [0.25, 0.3) is 0 Å². The van der Waals surface area contributed by atoms with E-state index >= 15 is 0 Å². The van der Waals surface area contributed by atoms with E-state index < -0.39 is 0 Å². The van der Waals surface area contributed by atoms with Crippen molar-refractivity contribution in [3.8, 4) is 0 Å². The number of aryl methyl sites for hydroxylation is 1. The number of rotatable bonds is 2. The van der Waals surface area contributed by atoms with Crippen molar-refractivity contribution in [2.24, 2.45) is 5.92 Å². The highest BCUT2D eigenvalue weighted by atomic mass is 32.1. The van der Waals surface area contributed by atoms with E-state index in [1.807, 2.05) is 6.20 Å². The summed E-state index contributed by atoms with van der Waals surface area (Å²) in [5, 5.41) is 4.59. The zero-order valence-corrected chi connectivity index (χ0v) is 9.03. The Labute approximate surface area is 83.4 Å². The summed E-state index contributed by atoms with van der Waals surface area (Å²) in [4.78, 5) is 5.60. The van der Waals surface area contributed by atoms with Crippen LogP contribution in [-0.2, 0) is 0 Å². The highest BCUT2D eigenvalue weighted by Gasteiger charge is 2.21. The maximum Gasteiger partial charge on any atom is 0.183 e. The number of anilines is 1. The van der Waals surface area contributed by atoms with Crippen LogP contribution in [0.1, 0.15) is 31.1 Å². The first kappa shape index (κ1) is 9.00. The van der Waals surface area contributed by atoms with Crippen LogP contribution in [0, 0.1) is 12.8 Å². The molecule has 0 aliphatic heterocycles. The molecule has 1 aromatic rings. The molecule has 0 radical (unpaired) electrons. The molecule has 0 aromatic carbocycles. The zero-order valence-electron chi connectivity index (χ0n) is 8.21. The van der Waals surface area contributed by atoms with Crippen molar-refractivity contribution in [3.63, 3.8) is 0 Å². The number of nitrogens with zero attached hydrogens (tertiary/aromatic N) is 1. The summed E-state index contributed by atoms with van der Waals surface area (Å²) in [5.74, 6) is 0.888. The summed E-state index contributed by atoms with van der Waals surface area (Å²) >= 11 is 1.75. The average Bonchev–Trinajstić information content (AvgIpc) is 2.62. The smallest absolute Gasteiger partial charge is 0.183 e. The summed E-state index contributed by atoms with van der Waals surface area (Å²) in [5.41, 5.74) is 0. The molecule has 2 nitrogen and oxygen atoms in total. The SMILES string of the molecule is Cc1cnc(NC2CCC(C)C2)s1. The van der Waals surface area contributed by atoms with Gasteiger partial charge in [-0.1, -0.05) is 6.92 Å². The first-order valence-corrected chi connectivity index (χ1v) is 5.74. The fourth-order valence-corrected chi connectivity index (χ4v) is 2.68. The van der Waals surface area contributed by atoms with Gasteiger partial charge in [-0.05, 0) is 32.1 Å². The molecule has 2 unspecified atom stereocenters. The Bertz CT molecular complexity index is 282. The van der Waals surface area contributed by atoms with Crippen LogP contribution in [0.4, 0.5) is 5.13 Å². The lowest BCUT2D eigenvalue weighted by Crippen LogP contribution is -2.14. The van der Waals surface area contributed by atoms with Gasteiger partial charge in [0.15, 0.2) is 5.13 Å². The van der Waals surface area contributed by atoms with Crippen LogP contribution in [0.25, 0.3) is 0 Å². The van der Waals surface area contributed by atoms with Crippen molar-refractivity contribution in [1.29, 1.82) is 0 Å². The molecule has 0 amide bonds. The maximum atomic E-state index is 4.31. The van der Waals surface area contributed by atoms with E-state index in [4.69, 9.17) is 0 Å². The molecule has 0 bridgehead atoms. The van der Waals surface area contributed by atoms with E-state index in [2.05, 4.69) is 24.1 Å². The molecule has 2 rings (SSSR count). The van der Waals surface area contributed by atoms with Crippen molar-refractivity contribution in [3.05, 3.63) is 11.1 Å². The van der Waals surface area contributed by atoms with Crippen molar-refractivity contribution < 1.29 is 0 Å². The molecule has 1 aliphatic carbocycles. The van der Waals surface area contributed by atoms with E-state index in [1.165, 1.54) is 24.1 Å². The van der Waals surface area contributed by atoms with Crippen LogP contribution >= 0.6 is 11.3 Å². The molecule has 1 saturated carbocycles. The molecule has 72 valence electrons. The van der Waals surface area contributed by atoms with Gasteiger partial charge in [0.05, 0.1) is 0 Å². The second-order valence-electron chi connectivity index (χ2n) is 4.04. The minimum atomic E-state index is 0.667. The molecule has 1 aromatic heterocycles. The van der Waals surface area contributed by atoms with Crippen LogP contribution in [0.3, 0.4) is 0 Å². The summed E-state index contributed by atoms with van der Waals surface area (Å²) in [6, 6.07) is 0.667. The molecule has 0 spiro atoms. The zero-order chi connectivity index (χ0) is 9.26. The summed E-state index contributed by atoms with van der Waals surface area (Å²) in [7, 11) is 0. The van der Waals surface area contributed by atoms with E-state index in [-0.39, 0.29) is 0 Å². The van der Waals surface area contributed by atoms with Crippen molar-refractivity contribution >= 4 is 16.5 Å². The number of hydrogen-bond acceptors (Lipinski definition) is 3. The van der Waals surface area contributed by atoms with E-state index in [0.29, 0.717) is 6.04 Å². The topological polar surface area (TPSA) is 24.9 Å². The third-order valence-corrected chi connectivity index (χ3v) is 3.49. The van der Waals surface area contributed by atoms with Gasteiger partial charge >= 0.3 is 0 Å². The van der Waals surface area contributed by atoms with Crippen molar-refractivity contribution in [2.75, 3.05) is 5.32 Å². The Hall–Kier alpha value is -0.570. The predicted molar refractivity (Wildman–Crippen MR) is 57.3 cm³/mol. The Morgan fingerprint density at radius 3 is 2.92 bits per heavy atom. The van der Waals surface area contributed by atoms with Crippen LogP contribution in [-0.4, -0.2) is 11.0 Å². The van der Waals surface area contributed by atoms with Gasteiger partial charge in [0.1, 0.15) is 0 Å². The van der Waals surface area contributed by atoms with Gasteiger partial charge in [-0.2, -0.15) is 0 Å². The molecule has 1 N–H and O–H groups in total. The fourth-order valence-electron chi connectivity index (χ4n) is 1.93. The number of thiazole rings is 1. The van der Waals surface area contributed by atoms with Crippen LogP contribution in [0.2, 0.25) is 0 Å². The third-order valence-electron chi connectivity index (χ3n) is 2.64. The quantitative estimate of drug-likeness (QED) is 0.786. The lowest BCUT2D eigenvalue weighted by atomic mass is 10.1. The average molecular weight is 196 g/mol. The van der Waals surface area contributed by atoms with Crippen LogP contribution in [0.5, 0.6) is 0 Å². The molecular formula is C10H16N2S. The monoisotopic (exact) mass is 196 g/mol. The van der Waals surface area contributed by atoms with E-state index in [0.717, 1.165) is 11.0 Å². The second-order valence-corrected chi connectivity index (χ2v) is 5.27. The number of nitrogens with one attached hydrogen (secondary N) is 1. The number of aromatic nitrogens is 1. The Morgan fingerprint density at radius 2 is 2.38 bits per heavy atom. The fraction of sp³-hybridized carbons (Fsp3) is 0.700. The first-order chi connectivity index (χ1) is 6.24. The van der Waals surface area contributed by atoms with Gasteiger partial charge in [-0.15, -0.1) is 11.3 Å². The van der Waals surface area contributed by atoms with Crippen LogP contribution < -0.4 is 5.32 Å². The molecular weight excluding hydrogens is 180 g/mol. The summed E-state index contributed by atoms with van der Waals surface area (Å²) < 4.78 is 0. The lowest BCUT2D eigenvalue weighted by Gasteiger charge is -2.10. The van der Waals surface area contributed by atoms with Crippen molar-refractivity contribution in [1.82, 2.24) is 4.98 Å². The van der Waals surface area contributed by atoms with Gasteiger partial charge in [-0.3, -0.25) is 0 Å². The second kappa shape index (κ2) is 3.66. The molecule has 2 atom stereocenters. The Morgan fingerprint density at radius 1 is 1.54 bits per heavy atom. The highest BCUT2D eigenvalue weighted by molar-refractivity contribution is 7.15. The first-order valence-electron chi connectivity index (χ1n) is 4.93. The van der Waals surface area contributed by atoms with Gasteiger partial charge in [0, 0.05) is 17.1 Å². The summed E-state index contributed by atoms with van der Waals surface area (Å²) in [6.45, 7) is 4.43. The predicted octanol–water partition coefficient (Wildman–Crippen LogP) is 3.05. The molecule has 3 heteroatoms.